The molecule has 29 heavy (non-hydrogen) atoms. The van der Waals surface area contributed by atoms with Gasteiger partial charge in [-0.2, -0.15) is 0 Å². The quantitative estimate of drug-likeness (QED) is 0.718. The Labute approximate surface area is 172 Å². The van der Waals surface area contributed by atoms with Gasteiger partial charge < -0.3 is 10.1 Å². The fourth-order valence-electron chi connectivity index (χ4n) is 3.27. The zero-order chi connectivity index (χ0) is 20.9. The SMILES string of the molecule is CCc1ccc(N(CC(=O)NC[C@H]2CCCO2)S(=O)(=O)c2ccc(C)cc2)cc1. The molecule has 1 aliphatic heterocycles. The van der Waals surface area contributed by atoms with Gasteiger partial charge in [0.1, 0.15) is 6.54 Å². The lowest BCUT2D eigenvalue weighted by Crippen LogP contribution is -2.42. The number of carbonyl (C=O) groups is 1. The van der Waals surface area contributed by atoms with Crippen LogP contribution in [0.5, 0.6) is 0 Å². The Kier molecular flexibility index (Phi) is 6.92. The van der Waals surface area contributed by atoms with Crippen LogP contribution >= 0.6 is 0 Å². The van der Waals surface area contributed by atoms with Crippen molar-refractivity contribution in [3.8, 4) is 0 Å². The van der Waals surface area contributed by atoms with E-state index < -0.39 is 10.0 Å². The second-order valence-corrected chi connectivity index (χ2v) is 9.15. The van der Waals surface area contributed by atoms with Crippen molar-refractivity contribution < 1.29 is 17.9 Å². The van der Waals surface area contributed by atoms with Crippen LogP contribution in [0.3, 0.4) is 0 Å². The Bertz CT molecular complexity index is 918. The maximum Gasteiger partial charge on any atom is 0.264 e. The summed E-state index contributed by atoms with van der Waals surface area (Å²) in [7, 11) is -3.88. The number of nitrogens with zero attached hydrogens (tertiary/aromatic N) is 1. The van der Waals surface area contributed by atoms with Crippen molar-refractivity contribution in [3.63, 3.8) is 0 Å². The van der Waals surface area contributed by atoms with E-state index in [-0.39, 0.29) is 23.5 Å². The van der Waals surface area contributed by atoms with E-state index in [4.69, 9.17) is 4.74 Å². The molecule has 3 rings (SSSR count). The third kappa shape index (κ3) is 5.36. The van der Waals surface area contributed by atoms with Crippen molar-refractivity contribution >= 4 is 21.6 Å². The molecule has 1 fully saturated rings. The predicted molar refractivity (Wildman–Crippen MR) is 114 cm³/mol. The number of hydrogen-bond acceptors (Lipinski definition) is 4. The maximum atomic E-state index is 13.3. The standard InChI is InChI=1S/C22H28N2O4S/c1-3-18-8-10-19(11-9-18)24(16-22(25)23-15-20-5-4-14-28-20)29(26,27)21-12-6-17(2)7-13-21/h6-13,20H,3-5,14-16H2,1-2H3,(H,23,25)/t20-/m1/s1. The van der Waals surface area contributed by atoms with Crippen LogP contribution in [-0.4, -0.2) is 40.1 Å². The minimum absolute atomic E-state index is 0.00458. The van der Waals surface area contributed by atoms with Gasteiger partial charge in [-0.25, -0.2) is 8.42 Å². The molecule has 2 aromatic carbocycles. The van der Waals surface area contributed by atoms with Gasteiger partial charge in [0, 0.05) is 13.2 Å². The van der Waals surface area contributed by atoms with Gasteiger partial charge in [-0.05, 0) is 56.0 Å². The first-order valence-electron chi connectivity index (χ1n) is 9.97. The molecule has 1 saturated heterocycles. The van der Waals surface area contributed by atoms with E-state index in [9.17, 15) is 13.2 Å². The molecule has 0 bridgehead atoms. The number of sulfonamides is 1. The summed E-state index contributed by atoms with van der Waals surface area (Å²) in [6.45, 7) is 4.75. The average Bonchev–Trinajstić information content (AvgIpc) is 3.24. The molecule has 0 aromatic heterocycles. The van der Waals surface area contributed by atoms with Crippen molar-refractivity contribution in [2.45, 2.75) is 44.1 Å². The van der Waals surface area contributed by atoms with Crippen molar-refractivity contribution in [1.82, 2.24) is 5.32 Å². The molecule has 0 aliphatic carbocycles. The highest BCUT2D eigenvalue weighted by molar-refractivity contribution is 7.92. The van der Waals surface area contributed by atoms with E-state index in [1.807, 2.05) is 26.0 Å². The van der Waals surface area contributed by atoms with E-state index in [1.54, 1.807) is 36.4 Å². The average molecular weight is 417 g/mol. The van der Waals surface area contributed by atoms with Gasteiger partial charge in [-0.1, -0.05) is 36.8 Å². The van der Waals surface area contributed by atoms with Crippen molar-refractivity contribution in [2.24, 2.45) is 0 Å². The molecule has 0 saturated carbocycles. The Morgan fingerprint density at radius 2 is 1.83 bits per heavy atom. The predicted octanol–water partition coefficient (Wildman–Crippen LogP) is 3.05. The second kappa shape index (κ2) is 9.41. The fraction of sp³-hybridized carbons (Fsp3) is 0.409. The summed E-state index contributed by atoms with van der Waals surface area (Å²) in [6, 6.07) is 13.9. The van der Waals surface area contributed by atoms with Gasteiger partial charge in [0.2, 0.25) is 5.91 Å². The number of rotatable bonds is 8. The number of aryl methyl sites for hydroxylation is 2. The van der Waals surface area contributed by atoms with Crippen molar-refractivity contribution in [2.75, 3.05) is 24.0 Å². The Hall–Kier alpha value is -2.38. The molecule has 1 N–H and O–H groups in total. The summed E-state index contributed by atoms with van der Waals surface area (Å²) in [4.78, 5) is 12.7. The smallest absolute Gasteiger partial charge is 0.264 e. The van der Waals surface area contributed by atoms with Gasteiger partial charge >= 0.3 is 0 Å². The van der Waals surface area contributed by atoms with E-state index in [0.717, 1.165) is 30.4 Å². The minimum Gasteiger partial charge on any atom is -0.376 e. The summed E-state index contributed by atoms with van der Waals surface area (Å²) in [5.74, 6) is -0.351. The zero-order valence-electron chi connectivity index (χ0n) is 16.9. The Balaban J connectivity index is 1.84. The van der Waals surface area contributed by atoms with E-state index in [2.05, 4.69) is 5.32 Å². The third-order valence-electron chi connectivity index (χ3n) is 5.08. The van der Waals surface area contributed by atoms with Crippen LogP contribution in [0, 0.1) is 6.92 Å². The highest BCUT2D eigenvalue weighted by Crippen LogP contribution is 2.24. The van der Waals surface area contributed by atoms with Crippen molar-refractivity contribution in [1.29, 1.82) is 0 Å². The first kappa shape index (κ1) is 21.3. The molecule has 156 valence electrons. The highest BCUT2D eigenvalue weighted by atomic mass is 32.2. The molecular formula is C22H28N2O4S. The van der Waals surface area contributed by atoms with Crippen LogP contribution in [0.25, 0.3) is 0 Å². The van der Waals surface area contributed by atoms with Gasteiger partial charge in [0.25, 0.3) is 10.0 Å². The number of ether oxygens (including phenoxy) is 1. The lowest BCUT2D eigenvalue weighted by Gasteiger charge is -2.24. The summed E-state index contributed by atoms with van der Waals surface area (Å²) < 4.78 is 33.3. The third-order valence-corrected chi connectivity index (χ3v) is 6.87. The maximum absolute atomic E-state index is 13.3. The van der Waals surface area contributed by atoms with Gasteiger partial charge in [0.05, 0.1) is 16.7 Å². The van der Waals surface area contributed by atoms with Crippen LogP contribution in [0.2, 0.25) is 0 Å². The summed E-state index contributed by atoms with van der Waals surface area (Å²) in [5.41, 5.74) is 2.54. The van der Waals surface area contributed by atoms with E-state index in [0.29, 0.717) is 18.8 Å². The molecule has 0 unspecified atom stereocenters. The number of hydrogen-bond donors (Lipinski definition) is 1. The number of benzene rings is 2. The van der Waals surface area contributed by atoms with Crippen LogP contribution in [0.4, 0.5) is 5.69 Å². The molecule has 0 radical (unpaired) electrons. The van der Waals surface area contributed by atoms with Gasteiger partial charge in [-0.3, -0.25) is 9.10 Å². The molecule has 1 aliphatic rings. The topological polar surface area (TPSA) is 75.7 Å². The van der Waals surface area contributed by atoms with Crippen molar-refractivity contribution in [3.05, 3.63) is 59.7 Å². The van der Waals surface area contributed by atoms with Crippen LogP contribution in [0.15, 0.2) is 53.4 Å². The largest absolute Gasteiger partial charge is 0.376 e. The minimum atomic E-state index is -3.88. The number of nitrogens with one attached hydrogen (secondary N) is 1. The molecule has 6 nitrogen and oxygen atoms in total. The Morgan fingerprint density at radius 3 is 2.41 bits per heavy atom. The first-order valence-corrected chi connectivity index (χ1v) is 11.4. The monoisotopic (exact) mass is 416 g/mol. The van der Waals surface area contributed by atoms with Crippen LogP contribution < -0.4 is 9.62 Å². The van der Waals surface area contributed by atoms with Gasteiger partial charge in [-0.15, -0.1) is 0 Å². The normalized spacial score (nSPS) is 16.6. The number of anilines is 1. The van der Waals surface area contributed by atoms with Gasteiger partial charge in [0.15, 0.2) is 0 Å². The van der Waals surface area contributed by atoms with E-state index in [1.165, 1.54) is 4.31 Å². The molecule has 7 heteroatoms. The summed E-state index contributed by atoms with van der Waals surface area (Å²) in [6.07, 6.45) is 2.75. The van der Waals surface area contributed by atoms with Crippen LogP contribution in [-0.2, 0) is 26.0 Å². The summed E-state index contributed by atoms with van der Waals surface area (Å²) in [5, 5.41) is 2.81. The van der Waals surface area contributed by atoms with E-state index >= 15 is 0 Å². The molecule has 0 spiro atoms. The molecule has 1 heterocycles. The Morgan fingerprint density at radius 1 is 1.14 bits per heavy atom. The van der Waals surface area contributed by atoms with Crippen LogP contribution in [0.1, 0.15) is 30.9 Å². The highest BCUT2D eigenvalue weighted by Gasteiger charge is 2.27. The lowest BCUT2D eigenvalue weighted by atomic mass is 10.1. The first-order chi connectivity index (χ1) is 13.9. The summed E-state index contributed by atoms with van der Waals surface area (Å²) >= 11 is 0. The molecule has 1 atom stereocenters. The fourth-order valence-corrected chi connectivity index (χ4v) is 4.69. The lowest BCUT2D eigenvalue weighted by molar-refractivity contribution is -0.120. The number of amides is 1. The molecular weight excluding hydrogens is 388 g/mol. The zero-order valence-corrected chi connectivity index (χ0v) is 17.7. The second-order valence-electron chi connectivity index (χ2n) is 7.28. The molecule has 2 aromatic rings. The number of carbonyl (C=O) groups excluding carboxylic acids is 1. The molecule has 1 amide bonds.